The summed E-state index contributed by atoms with van der Waals surface area (Å²) in [6, 6.07) is -0.722. The van der Waals surface area contributed by atoms with Crippen molar-refractivity contribution in [3.8, 4) is 0 Å². The van der Waals surface area contributed by atoms with Crippen LogP contribution in [0.25, 0.3) is 0 Å². The topological polar surface area (TPSA) is 75.3 Å². The van der Waals surface area contributed by atoms with E-state index < -0.39 is 23.8 Å². The van der Waals surface area contributed by atoms with Gasteiger partial charge in [-0.1, -0.05) is 18.1 Å². The van der Waals surface area contributed by atoms with Gasteiger partial charge in [0.2, 0.25) is 11.8 Å². The van der Waals surface area contributed by atoms with Gasteiger partial charge in [-0.15, -0.1) is 0 Å². The highest BCUT2D eigenvalue weighted by Gasteiger charge is 2.36. The number of carbonyl (C=O) groups is 3. The Labute approximate surface area is 93.3 Å². The average Bonchev–Trinajstić information content (AvgIpc) is 2.44. The summed E-state index contributed by atoms with van der Waals surface area (Å²) < 4.78 is 0. The summed E-state index contributed by atoms with van der Waals surface area (Å²) in [5, 5.41) is 4.25. The smallest absolute Gasteiger partial charge is 0.277 e. The number of hydrogen-bond acceptors (Lipinski definition) is 3. The van der Waals surface area contributed by atoms with Gasteiger partial charge in [-0.3, -0.25) is 20.2 Å². The maximum absolute atomic E-state index is 11.6. The van der Waals surface area contributed by atoms with Crippen molar-refractivity contribution >= 4 is 17.8 Å². The van der Waals surface area contributed by atoms with Crippen LogP contribution in [0.3, 0.4) is 0 Å². The zero-order valence-electron chi connectivity index (χ0n) is 8.91. The predicted molar refractivity (Wildman–Crippen MR) is 56.3 cm³/mol. The molecule has 1 aliphatic heterocycles. The Morgan fingerprint density at radius 2 is 1.69 bits per heavy atom. The Morgan fingerprint density at radius 3 is 2.38 bits per heavy atom. The fourth-order valence-electron chi connectivity index (χ4n) is 2.16. The van der Waals surface area contributed by atoms with Crippen molar-refractivity contribution in [2.45, 2.75) is 32.1 Å². The lowest BCUT2D eigenvalue weighted by Gasteiger charge is -2.22. The summed E-state index contributed by atoms with van der Waals surface area (Å²) in [6.07, 6.45) is 6.84. The summed E-state index contributed by atoms with van der Waals surface area (Å²) in [6.45, 7) is 0. The maximum Gasteiger partial charge on any atom is 0.328 e. The summed E-state index contributed by atoms with van der Waals surface area (Å²) in [7, 11) is 0. The van der Waals surface area contributed by atoms with E-state index in [1.54, 1.807) is 0 Å². The third-order valence-corrected chi connectivity index (χ3v) is 2.94. The minimum Gasteiger partial charge on any atom is -0.277 e. The quantitative estimate of drug-likeness (QED) is 0.510. The maximum atomic E-state index is 11.6. The number of allylic oxidation sites excluding steroid dienone is 1. The van der Waals surface area contributed by atoms with Crippen LogP contribution in [0.5, 0.6) is 0 Å². The lowest BCUT2D eigenvalue weighted by Crippen LogP contribution is -2.56. The molecule has 0 spiro atoms. The van der Waals surface area contributed by atoms with Crippen LogP contribution < -0.4 is 10.6 Å². The number of rotatable bonds is 1. The van der Waals surface area contributed by atoms with Gasteiger partial charge in [0, 0.05) is 0 Å². The lowest BCUT2D eigenvalue weighted by molar-refractivity contribution is -0.134. The number of nitrogens with one attached hydrogen (secondary N) is 2. The van der Waals surface area contributed by atoms with Gasteiger partial charge in [0.15, 0.2) is 0 Å². The largest absolute Gasteiger partial charge is 0.328 e. The van der Waals surface area contributed by atoms with Gasteiger partial charge in [-0.05, 0) is 25.7 Å². The molecule has 0 atom stereocenters. The lowest BCUT2D eigenvalue weighted by atomic mass is 9.92. The number of carbonyl (C=O) groups excluding carboxylic acids is 3. The van der Waals surface area contributed by atoms with Crippen LogP contribution in [0.15, 0.2) is 11.6 Å². The molecule has 0 unspecified atom stereocenters. The van der Waals surface area contributed by atoms with Crippen LogP contribution in [-0.4, -0.2) is 17.8 Å². The molecule has 1 fully saturated rings. The van der Waals surface area contributed by atoms with Crippen molar-refractivity contribution < 1.29 is 14.4 Å². The van der Waals surface area contributed by atoms with Gasteiger partial charge >= 0.3 is 6.03 Å². The van der Waals surface area contributed by atoms with Gasteiger partial charge in [0.05, 0.1) is 0 Å². The molecule has 2 aliphatic rings. The second kappa shape index (κ2) is 4.47. The minimum atomic E-state index is -0.809. The van der Waals surface area contributed by atoms with Crippen LogP contribution in [0, 0.1) is 5.92 Å². The first kappa shape index (κ1) is 10.9. The Kier molecular flexibility index (Phi) is 3.03. The normalized spacial score (nSPS) is 23.2. The molecule has 5 nitrogen and oxygen atoms in total. The SMILES string of the molecule is O=C1NC(=O)C(C2=CCCCCC2)C(=O)N1. The van der Waals surface area contributed by atoms with E-state index in [2.05, 4.69) is 10.6 Å². The molecule has 4 amide bonds. The summed E-state index contributed by atoms with van der Waals surface area (Å²) >= 11 is 0. The first-order chi connectivity index (χ1) is 7.68. The molecule has 16 heavy (non-hydrogen) atoms. The third-order valence-electron chi connectivity index (χ3n) is 2.94. The van der Waals surface area contributed by atoms with Crippen LogP contribution in [0.4, 0.5) is 4.79 Å². The molecule has 0 aromatic heterocycles. The van der Waals surface area contributed by atoms with Gasteiger partial charge in [-0.2, -0.15) is 0 Å². The van der Waals surface area contributed by atoms with E-state index in [1.807, 2.05) is 6.08 Å². The Bertz CT molecular complexity index is 353. The molecular weight excluding hydrogens is 208 g/mol. The standard InChI is InChI=1S/C11H14N2O3/c14-9-8(10(15)13-11(16)12-9)7-5-3-1-2-4-6-7/h5,8H,1-4,6H2,(H2,12,13,14,15,16). The molecule has 1 saturated heterocycles. The fraction of sp³-hybridized carbons (Fsp3) is 0.545. The van der Waals surface area contributed by atoms with Gasteiger partial charge in [0.1, 0.15) is 5.92 Å². The first-order valence-electron chi connectivity index (χ1n) is 5.53. The molecule has 2 rings (SSSR count). The number of imide groups is 2. The van der Waals surface area contributed by atoms with E-state index in [1.165, 1.54) is 0 Å². The van der Waals surface area contributed by atoms with E-state index in [0.717, 1.165) is 37.7 Å². The highest BCUT2D eigenvalue weighted by molar-refractivity contribution is 6.17. The first-order valence-corrected chi connectivity index (χ1v) is 5.53. The monoisotopic (exact) mass is 222 g/mol. The van der Waals surface area contributed by atoms with Crippen molar-refractivity contribution in [3.63, 3.8) is 0 Å². The van der Waals surface area contributed by atoms with E-state index >= 15 is 0 Å². The third kappa shape index (κ3) is 2.13. The highest BCUT2D eigenvalue weighted by Crippen LogP contribution is 2.25. The predicted octanol–water partition coefficient (Wildman–Crippen LogP) is 0.859. The number of barbiturate groups is 1. The van der Waals surface area contributed by atoms with Crippen molar-refractivity contribution in [1.82, 2.24) is 10.6 Å². The summed E-state index contributed by atoms with van der Waals surface area (Å²) in [5.74, 6) is -1.81. The molecule has 0 saturated carbocycles. The Morgan fingerprint density at radius 1 is 1.00 bits per heavy atom. The second-order valence-corrected chi connectivity index (χ2v) is 4.12. The van der Waals surface area contributed by atoms with E-state index in [9.17, 15) is 14.4 Å². The van der Waals surface area contributed by atoms with Crippen LogP contribution in [-0.2, 0) is 9.59 Å². The van der Waals surface area contributed by atoms with Gasteiger partial charge < -0.3 is 0 Å². The molecule has 0 aromatic carbocycles. The molecule has 1 aliphatic carbocycles. The fourth-order valence-corrected chi connectivity index (χ4v) is 2.16. The number of hydrogen-bond donors (Lipinski definition) is 2. The van der Waals surface area contributed by atoms with E-state index in [4.69, 9.17) is 0 Å². The summed E-state index contributed by atoms with van der Waals surface area (Å²) in [5.41, 5.74) is 0.847. The average molecular weight is 222 g/mol. The molecule has 86 valence electrons. The molecular formula is C11H14N2O3. The molecule has 0 radical (unpaired) electrons. The van der Waals surface area contributed by atoms with E-state index in [0.29, 0.717) is 0 Å². The molecule has 0 aromatic rings. The van der Waals surface area contributed by atoms with E-state index in [-0.39, 0.29) is 0 Å². The van der Waals surface area contributed by atoms with Gasteiger partial charge in [-0.25, -0.2) is 4.79 Å². The van der Waals surface area contributed by atoms with Crippen molar-refractivity contribution in [2.75, 3.05) is 0 Å². The molecule has 2 N–H and O–H groups in total. The Balaban J connectivity index is 2.18. The highest BCUT2D eigenvalue weighted by atomic mass is 16.2. The number of urea groups is 1. The van der Waals surface area contributed by atoms with Crippen molar-refractivity contribution in [3.05, 3.63) is 11.6 Å². The molecule has 1 heterocycles. The van der Waals surface area contributed by atoms with Crippen LogP contribution in [0.2, 0.25) is 0 Å². The zero-order valence-corrected chi connectivity index (χ0v) is 8.91. The van der Waals surface area contributed by atoms with Crippen molar-refractivity contribution in [1.29, 1.82) is 0 Å². The minimum absolute atomic E-state index is 0.498. The molecule has 5 heteroatoms. The zero-order chi connectivity index (χ0) is 11.5. The Hall–Kier alpha value is -1.65. The van der Waals surface area contributed by atoms with Gasteiger partial charge in [0.25, 0.3) is 0 Å². The van der Waals surface area contributed by atoms with Crippen molar-refractivity contribution in [2.24, 2.45) is 5.92 Å². The second-order valence-electron chi connectivity index (χ2n) is 4.12. The molecule has 0 bridgehead atoms. The van der Waals surface area contributed by atoms with Crippen LogP contribution >= 0.6 is 0 Å². The number of amides is 4. The summed E-state index contributed by atoms with van der Waals surface area (Å²) in [4.78, 5) is 34.1. The van der Waals surface area contributed by atoms with Crippen LogP contribution in [0.1, 0.15) is 32.1 Å².